The molecule has 0 amide bonds. The zero-order chi connectivity index (χ0) is 11.6. The summed E-state index contributed by atoms with van der Waals surface area (Å²) < 4.78 is 0. The minimum Gasteiger partial charge on any atom is -0.398 e. The van der Waals surface area contributed by atoms with Gasteiger partial charge >= 0.3 is 0 Å². The van der Waals surface area contributed by atoms with E-state index in [0.717, 1.165) is 16.9 Å². The first-order chi connectivity index (χ1) is 6.83. The van der Waals surface area contributed by atoms with E-state index in [1.165, 1.54) is 0 Å². The number of rotatable bonds is 3. The van der Waals surface area contributed by atoms with Crippen molar-refractivity contribution in [2.75, 3.05) is 11.1 Å². The molecule has 1 unspecified atom stereocenters. The van der Waals surface area contributed by atoms with Gasteiger partial charge in [0.05, 0.1) is 11.6 Å². The average Bonchev–Trinajstić information content (AvgIpc) is 2.10. The van der Waals surface area contributed by atoms with Crippen LogP contribution in [0.2, 0.25) is 0 Å². The zero-order valence-electron chi connectivity index (χ0n) is 9.83. The lowest BCUT2D eigenvalue weighted by atomic mass is 9.98. The maximum atomic E-state index is 9.57. The fourth-order valence-electron chi connectivity index (χ4n) is 1.19. The first-order valence-corrected chi connectivity index (χ1v) is 5.15. The van der Waals surface area contributed by atoms with Crippen LogP contribution in [-0.2, 0) is 0 Å². The van der Waals surface area contributed by atoms with Crippen molar-refractivity contribution in [1.82, 2.24) is 0 Å². The van der Waals surface area contributed by atoms with Gasteiger partial charge in [-0.05, 0) is 45.4 Å². The Morgan fingerprint density at radius 2 is 2.00 bits per heavy atom. The number of aliphatic hydroxyl groups excluding tert-OH is 1. The minimum atomic E-state index is -0.431. The topological polar surface area (TPSA) is 58.3 Å². The monoisotopic (exact) mass is 208 g/mol. The largest absolute Gasteiger partial charge is 0.398 e. The summed E-state index contributed by atoms with van der Waals surface area (Å²) in [4.78, 5) is 0. The van der Waals surface area contributed by atoms with Crippen LogP contribution in [0, 0.1) is 6.92 Å². The first kappa shape index (κ1) is 11.9. The van der Waals surface area contributed by atoms with Gasteiger partial charge in [0, 0.05) is 11.4 Å². The van der Waals surface area contributed by atoms with E-state index in [2.05, 4.69) is 5.32 Å². The fraction of sp³-hybridized carbons (Fsp3) is 0.500. The van der Waals surface area contributed by atoms with Gasteiger partial charge in [-0.1, -0.05) is 6.07 Å². The number of benzene rings is 1. The van der Waals surface area contributed by atoms with Crippen LogP contribution in [0.25, 0.3) is 0 Å². The Balaban J connectivity index is 2.86. The van der Waals surface area contributed by atoms with E-state index in [1.54, 1.807) is 6.92 Å². The lowest BCUT2D eigenvalue weighted by Gasteiger charge is -2.30. The molecule has 0 saturated heterocycles. The lowest BCUT2D eigenvalue weighted by molar-refractivity contribution is 0.133. The van der Waals surface area contributed by atoms with Gasteiger partial charge in [0.1, 0.15) is 0 Å². The van der Waals surface area contributed by atoms with Gasteiger partial charge in [-0.15, -0.1) is 0 Å². The van der Waals surface area contributed by atoms with E-state index >= 15 is 0 Å². The molecule has 0 aromatic heterocycles. The molecule has 0 aliphatic rings. The van der Waals surface area contributed by atoms with Gasteiger partial charge < -0.3 is 16.2 Å². The highest BCUT2D eigenvalue weighted by atomic mass is 16.3. The summed E-state index contributed by atoms with van der Waals surface area (Å²) in [6, 6.07) is 5.82. The van der Waals surface area contributed by atoms with Gasteiger partial charge in [-0.2, -0.15) is 0 Å². The Labute approximate surface area is 91.3 Å². The maximum absolute atomic E-state index is 9.57. The molecule has 0 fully saturated rings. The SMILES string of the molecule is Cc1ccc(NC(C)(C)C(C)O)cc1N. The third-order valence-corrected chi connectivity index (χ3v) is 2.79. The van der Waals surface area contributed by atoms with Crippen LogP contribution in [0.5, 0.6) is 0 Å². The molecule has 15 heavy (non-hydrogen) atoms. The Hall–Kier alpha value is -1.22. The molecular formula is C12H20N2O. The number of nitrogens with two attached hydrogens (primary N) is 1. The molecule has 1 atom stereocenters. The van der Waals surface area contributed by atoms with Gasteiger partial charge in [0.25, 0.3) is 0 Å². The summed E-state index contributed by atoms with van der Waals surface area (Å²) in [7, 11) is 0. The molecule has 0 heterocycles. The molecular weight excluding hydrogens is 188 g/mol. The molecule has 0 bridgehead atoms. The van der Waals surface area contributed by atoms with Crippen LogP contribution < -0.4 is 11.1 Å². The Kier molecular flexibility index (Phi) is 3.25. The van der Waals surface area contributed by atoms with Crippen molar-refractivity contribution in [2.24, 2.45) is 0 Å². The van der Waals surface area contributed by atoms with Crippen LogP contribution in [0.3, 0.4) is 0 Å². The fourth-order valence-corrected chi connectivity index (χ4v) is 1.19. The standard InChI is InChI=1S/C12H20N2O/c1-8-5-6-10(7-11(8)13)14-12(3,4)9(2)15/h5-7,9,14-15H,13H2,1-4H3. The number of aliphatic hydroxyl groups is 1. The molecule has 0 aliphatic heterocycles. The summed E-state index contributed by atoms with van der Waals surface area (Å²) >= 11 is 0. The van der Waals surface area contributed by atoms with Crippen molar-refractivity contribution in [3.63, 3.8) is 0 Å². The predicted molar refractivity (Wildman–Crippen MR) is 65.0 cm³/mol. The molecule has 0 spiro atoms. The van der Waals surface area contributed by atoms with Crippen LogP contribution in [0.15, 0.2) is 18.2 Å². The van der Waals surface area contributed by atoms with E-state index in [4.69, 9.17) is 5.73 Å². The van der Waals surface area contributed by atoms with Gasteiger partial charge in [0.15, 0.2) is 0 Å². The van der Waals surface area contributed by atoms with Crippen molar-refractivity contribution in [3.8, 4) is 0 Å². The summed E-state index contributed by atoms with van der Waals surface area (Å²) in [6.45, 7) is 7.64. The van der Waals surface area contributed by atoms with E-state index in [9.17, 15) is 5.11 Å². The van der Waals surface area contributed by atoms with Crippen LogP contribution >= 0.6 is 0 Å². The minimum absolute atomic E-state index is 0.359. The maximum Gasteiger partial charge on any atom is 0.0736 e. The number of anilines is 2. The summed E-state index contributed by atoms with van der Waals surface area (Å²) in [5.74, 6) is 0. The molecule has 1 aromatic carbocycles. The van der Waals surface area contributed by atoms with Crippen molar-refractivity contribution in [2.45, 2.75) is 39.3 Å². The van der Waals surface area contributed by atoms with Crippen LogP contribution in [0.4, 0.5) is 11.4 Å². The summed E-state index contributed by atoms with van der Waals surface area (Å²) in [6.07, 6.45) is -0.431. The summed E-state index contributed by atoms with van der Waals surface area (Å²) in [5.41, 5.74) is 8.22. The Morgan fingerprint density at radius 1 is 1.40 bits per heavy atom. The van der Waals surface area contributed by atoms with Crippen molar-refractivity contribution in [1.29, 1.82) is 0 Å². The van der Waals surface area contributed by atoms with Crippen molar-refractivity contribution >= 4 is 11.4 Å². The van der Waals surface area contributed by atoms with E-state index in [-0.39, 0.29) is 5.54 Å². The molecule has 84 valence electrons. The Bertz CT molecular complexity index is 345. The molecule has 1 rings (SSSR count). The second kappa shape index (κ2) is 4.11. The number of hydrogen-bond donors (Lipinski definition) is 3. The van der Waals surface area contributed by atoms with Gasteiger partial charge in [-0.3, -0.25) is 0 Å². The predicted octanol–water partition coefficient (Wildman–Crippen LogP) is 2.15. The second-order valence-corrected chi connectivity index (χ2v) is 4.59. The molecule has 3 nitrogen and oxygen atoms in total. The average molecular weight is 208 g/mol. The number of nitrogen functional groups attached to an aromatic ring is 1. The molecule has 0 aliphatic carbocycles. The molecule has 3 heteroatoms. The number of hydrogen-bond acceptors (Lipinski definition) is 3. The number of aryl methyl sites for hydroxylation is 1. The Morgan fingerprint density at radius 3 is 2.47 bits per heavy atom. The number of nitrogens with one attached hydrogen (secondary N) is 1. The third-order valence-electron chi connectivity index (χ3n) is 2.79. The van der Waals surface area contributed by atoms with E-state index in [0.29, 0.717) is 0 Å². The zero-order valence-corrected chi connectivity index (χ0v) is 9.83. The molecule has 0 saturated carbocycles. The van der Waals surface area contributed by atoms with Crippen LogP contribution in [0.1, 0.15) is 26.3 Å². The highest BCUT2D eigenvalue weighted by Gasteiger charge is 2.23. The van der Waals surface area contributed by atoms with Crippen molar-refractivity contribution < 1.29 is 5.11 Å². The highest BCUT2D eigenvalue weighted by Crippen LogP contribution is 2.22. The highest BCUT2D eigenvalue weighted by molar-refractivity contribution is 5.59. The first-order valence-electron chi connectivity index (χ1n) is 5.15. The lowest BCUT2D eigenvalue weighted by Crippen LogP contribution is -2.41. The van der Waals surface area contributed by atoms with E-state index in [1.807, 2.05) is 39.0 Å². The second-order valence-electron chi connectivity index (χ2n) is 4.59. The summed E-state index contributed by atoms with van der Waals surface area (Å²) in [5, 5.41) is 12.8. The smallest absolute Gasteiger partial charge is 0.0736 e. The normalized spacial score (nSPS) is 13.7. The molecule has 1 aromatic rings. The van der Waals surface area contributed by atoms with Gasteiger partial charge in [-0.25, -0.2) is 0 Å². The van der Waals surface area contributed by atoms with Gasteiger partial charge in [0.2, 0.25) is 0 Å². The van der Waals surface area contributed by atoms with Crippen LogP contribution in [-0.4, -0.2) is 16.7 Å². The molecule has 0 radical (unpaired) electrons. The third kappa shape index (κ3) is 2.86. The molecule has 4 N–H and O–H groups in total. The van der Waals surface area contributed by atoms with Crippen molar-refractivity contribution in [3.05, 3.63) is 23.8 Å². The van der Waals surface area contributed by atoms with E-state index < -0.39 is 6.10 Å². The quantitative estimate of drug-likeness (QED) is 0.667.